The summed E-state index contributed by atoms with van der Waals surface area (Å²) >= 11 is 3.31. The van der Waals surface area contributed by atoms with Crippen LogP contribution in [0.5, 0.6) is 0 Å². The third kappa shape index (κ3) is 4.06. The highest BCUT2D eigenvalue weighted by molar-refractivity contribution is 9.10. The summed E-state index contributed by atoms with van der Waals surface area (Å²) in [6, 6.07) is 19.4. The number of carbonyl (C=O) groups excluding carboxylic acids is 1. The number of carboxylic acid groups (broad SMARTS) is 1. The maximum Gasteiger partial charge on any atom is 0.326 e. The Morgan fingerprint density at radius 3 is 2.48 bits per heavy atom. The van der Waals surface area contributed by atoms with Crippen LogP contribution in [0.15, 0.2) is 71.2 Å². The molecule has 0 aromatic heterocycles. The molecule has 0 fully saturated rings. The lowest BCUT2D eigenvalue weighted by molar-refractivity contribution is -0.139. The quantitative estimate of drug-likeness (QED) is 0.682. The number of aliphatic carboxylic acids is 1. The number of halogens is 1. The molecular weight excluding hydrogens is 382 g/mol. The van der Waals surface area contributed by atoms with Crippen molar-refractivity contribution in [3.63, 3.8) is 0 Å². The lowest BCUT2D eigenvalue weighted by Crippen LogP contribution is -2.42. The van der Waals surface area contributed by atoms with Crippen LogP contribution in [-0.4, -0.2) is 23.0 Å². The van der Waals surface area contributed by atoms with Crippen molar-refractivity contribution in [1.29, 1.82) is 0 Å². The Labute approximate surface area is 153 Å². The molecule has 4 nitrogen and oxygen atoms in total. The molecule has 0 radical (unpaired) electrons. The van der Waals surface area contributed by atoms with Crippen molar-refractivity contribution >= 4 is 38.6 Å². The molecule has 0 unspecified atom stereocenters. The molecule has 126 valence electrons. The van der Waals surface area contributed by atoms with Crippen LogP contribution in [0.2, 0.25) is 0 Å². The normalized spacial score (nSPS) is 11.9. The first-order chi connectivity index (χ1) is 12.0. The van der Waals surface area contributed by atoms with Crippen molar-refractivity contribution in [3.8, 4) is 0 Å². The minimum atomic E-state index is -1.06. The standard InChI is InChI=1S/C20H16BrNO3/c21-16-9-4-8-15(11-16)19(23)22-18(20(24)25)12-14-7-3-6-13-5-1-2-10-17(13)14/h1-11,18H,12H2,(H,22,23)(H,24,25)/t18-/m1/s1. The summed E-state index contributed by atoms with van der Waals surface area (Å²) in [4.78, 5) is 24.0. The second-order valence-electron chi connectivity index (χ2n) is 5.72. The van der Waals surface area contributed by atoms with Gasteiger partial charge in [0.2, 0.25) is 0 Å². The van der Waals surface area contributed by atoms with E-state index in [-0.39, 0.29) is 6.42 Å². The van der Waals surface area contributed by atoms with Crippen LogP contribution in [0.25, 0.3) is 10.8 Å². The Morgan fingerprint density at radius 1 is 1.00 bits per heavy atom. The van der Waals surface area contributed by atoms with Gasteiger partial charge in [-0.05, 0) is 34.5 Å². The molecule has 5 heteroatoms. The van der Waals surface area contributed by atoms with Crippen molar-refractivity contribution < 1.29 is 14.7 Å². The van der Waals surface area contributed by atoms with Gasteiger partial charge in [0, 0.05) is 16.5 Å². The van der Waals surface area contributed by atoms with E-state index in [1.165, 1.54) is 0 Å². The van der Waals surface area contributed by atoms with E-state index in [4.69, 9.17) is 0 Å². The topological polar surface area (TPSA) is 66.4 Å². The van der Waals surface area contributed by atoms with Crippen LogP contribution in [0.4, 0.5) is 0 Å². The number of rotatable bonds is 5. The van der Waals surface area contributed by atoms with Crippen LogP contribution in [-0.2, 0) is 11.2 Å². The summed E-state index contributed by atoms with van der Waals surface area (Å²) in [5.41, 5.74) is 1.30. The first-order valence-corrected chi connectivity index (χ1v) is 8.60. The van der Waals surface area contributed by atoms with E-state index in [0.29, 0.717) is 5.56 Å². The van der Waals surface area contributed by atoms with Gasteiger partial charge in [-0.2, -0.15) is 0 Å². The summed E-state index contributed by atoms with van der Waals surface area (Å²) in [5.74, 6) is -1.47. The van der Waals surface area contributed by atoms with Crippen molar-refractivity contribution in [1.82, 2.24) is 5.32 Å². The number of hydrogen-bond acceptors (Lipinski definition) is 2. The molecule has 0 saturated carbocycles. The maximum absolute atomic E-state index is 12.4. The van der Waals surface area contributed by atoms with E-state index in [1.807, 2.05) is 48.5 Å². The predicted octanol–water partition coefficient (Wildman–Crippen LogP) is 4.03. The highest BCUT2D eigenvalue weighted by atomic mass is 79.9. The van der Waals surface area contributed by atoms with Crippen LogP contribution in [0, 0.1) is 0 Å². The van der Waals surface area contributed by atoms with Gasteiger partial charge in [0.05, 0.1) is 0 Å². The fourth-order valence-corrected chi connectivity index (χ4v) is 3.16. The van der Waals surface area contributed by atoms with E-state index < -0.39 is 17.9 Å². The van der Waals surface area contributed by atoms with Crippen LogP contribution in [0.3, 0.4) is 0 Å². The average Bonchev–Trinajstić information content (AvgIpc) is 2.61. The Hall–Kier alpha value is -2.66. The Kier molecular flexibility index (Phi) is 5.14. The summed E-state index contributed by atoms with van der Waals surface area (Å²) in [6.45, 7) is 0. The van der Waals surface area contributed by atoms with Gasteiger partial charge in [0.15, 0.2) is 0 Å². The van der Waals surface area contributed by atoms with E-state index in [1.54, 1.807) is 18.2 Å². The van der Waals surface area contributed by atoms with E-state index in [9.17, 15) is 14.7 Å². The van der Waals surface area contributed by atoms with Gasteiger partial charge in [-0.3, -0.25) is 4.79 Å². The largest absolute Gasteiger partial charge is 0.480 e. The van der Waals surface area contributed by atoms with Gasteiger partial charge < -0.3 is 10.4 Å². The number of benzene rings is 3. The van der Waals surface area contributed by atoms with Gasteiger partial charge in [0.1, 0.15) is 6.04 Å². The first-order valence-electron chi connectivity index (χ1n) is 7.80. The van der Waals surface area contributed by atoms with Gasteiger partial charge in [-0.1, -0.05) is 64.5 Å². The molecule has 2 N–H and O–H groups in total. The second-order valence-corrected chi connectivity index (χ2v) is 6.63. The fraction of sp³-hybridized carbons (Fsp3) is 0.100. The molecule has 25 heavy (non-hydrogen) atoms. The van der Waals surface area contributed by atoms with E-state index in [2.05, 4.69) is 21.2 Å². The minimum Gasteiger partial charge on any atom is -0.480 e. The summed E-state index contributed by atoms with van der Waals surface area (Å²) in [7, 11) is 0. The average molecular weight is 398 g/mol. The van der Waals surface area contributed by atoms with Gasteiger partial charge >= 0.3 is 5.97 Å². The molecular formula is C20H16BrNO3. The van der Waals surface area contributed by atoms with Crippen LogP contribution >= 0.6 is 15.9 Å². The lowest BCUT2D eigenvalue weighted by atomic mass is 9.98. The molecule has 1 atom stereocenters. The summed E-state index contributed by atoms with van der Waals surface area (Å²) in [5, 5.41) is 14.2. The number of carboxylic acids is 1. The van der Waals surface area contributed by atoms with Crippen molar-refractivity contribution in [2.75, 3.05) is 0 Å². The second kappa shape index (κ2) is 7.49. The number of nitrogens with one attached hydrogen (secondary N) is 1. The first kappa shape index (κ1) is 17.2. The SMILES string of the molecule is O=C(N[C@H](Cc1cccc2ccccc12)C(=O)O)c1cccc(Br)c1. The zero-order valence-electron chi connectivity index (χ0n) is 13.3. The van der Waals surface area contributed by atoms with Crippen molar-refractivity contribution in [2.45, 2.75) is 12.5 Å². The van der Waals surface area contributed by atoms with Gasteiger partial charge in [-0.25, -0.2) is 4.79 Å². The van der Waals surface area contributed by atoms with Gasteiger partial charge in [-0.15, -0.1) is 0 Å². The van der Waals surface area contributed by atoms with Crippen LogP contribution in [0.1, 0.15) is 15.9 Å². The molecule has 3 aromatic rings. The third-order valence-corrected chi connectivity index (χ3v) is 4.49. The van der Waals surface area contributed by atoms with Crippen LogP contribution < -0.4 is 5.32 Å². The lowest BCUT2D eigenvalue weighted by Gasteiger charge is -2.16. The van der Waals surface area contributed by atoms with E-state index in [0.717, 1.165) is 20.8 Å². The molecule has 0 bridgehead atoms. The monoisotopic (exact) mass is 397 g/mol. The highest BCUT2D eigenvalue weighted by Gasteiger charge is 2.22. The van der Waals surface area contributed by atoms with Gasteiger partial charge in [0.25, 0.3) is 5.91 Å². The molecule has 0 aliphatic heterocycles. The Morgan fingerprint density at radius 2 is 1.72 bits per heavy atom. The molecule has 0 spiro atoms. The number of amides is 1. The smallest absolute Gasteiger partial charge is 0.326 e. The molecule has 1 amide bonds. The molecule has 0 aliphatic carbocycles. The Balaban J connectivity index is 1.84. The number of fused-ring (bicyclic) bond motifs is 1. The summed E-state index contributed by atoms with van der Waals surface area (Å²) < 4.78 is 0.765. The van der Waals surface area contributed by atoms with Crippen molar-refractivity contribution in [3.05, 3.63) is 82.3 Å². The summed E-state index contributed by atoms with van der Waals surface area (Å²) in [6.07, 6.45) is 0.219. The highest BCUT2D eigenvalue weighted by Crippen LogP contribution is 2.20. The Bertz CT molecular complexity index is 934. The van der Waals surface area contributed by atoms with E-state index >= 15 is 0 Å². The fourth-order valence-electron chi connectivity index (χ4n) is 2.76. The number of carbonyl (C=O) groups is 2. The molecule has 3 rings (SSSR count). The third-order valence-electron chi connectivity index (χ3n) is 3.99. The molecule has 0 aliphatic rings. The van der Waals surface area contributed by atoms with Crippen molar-refractivity contribution in [2.24, 2.45) is 0 Å². The zero-order valence-corrected chi connectivity index (χ0v) is 14.9. The predicted molar refractivity (Wildman–Crippen MR) is 101 cm³/mol. The zero-order chi connectivity index (χ0) is 17.8. The minimum absolute atomic E-state index is 0.219. The molecule has 0 heterocycles. The number of hydrogen-bond donors (Lipinski definition) is 2. The maximum atomic E-state index is 12.4. The molecule has 3 aromatic carbocycles. The molecule has 0 saturated heterocycles.